The van der Waals surface area contributed by atoms with Crippen LogP contribution in [0.4, 0.5) is 11.4 Å². The van der Waals surface area contributed by atoms with Crippen LogP contribution in [0.25, 0.3) is 10.8 Å². The summed E-state index contributed by atoms with van der Waals surface area (Å²) >= 11 is 3.20. The molecule has 2 fully saturated rings. The molecule has 0 N–H and O–H groups in total. The molecule has 1 saturated heterocycles. The van der Waals surface area contributed by atoms with Gasteiger partial charge in [0.05, 0.1) is 18.5 Å². The van der Waals surface area contributed by atoms with Gasteiger partial charge in [0, 0.05) is 23.5 Å². The molecule has 1 aliphatic carbocycles. The number of hydrogen-bond donors (Lipinski definition) is 0. The zero-order chi connectivity index (χ0) is 24.6. The summed E-state index contributed by atoms with van der Waals surface area (Å²) in [6, 6.07) is 20.9. The maximum absolute atomic E-state index is 14.0. The fourth-order valence-electron chi connectivity index (χ4n) is 5.28. The third-order valence-corrected chi connectivity index (χ3v) is 9.48. The molecule has 0 atom stereocenters. The third-order valence-electron chi connectivity index (χ3n) is 7.13. The van der Waals surface area contributed by atoms with E-state index in [2.05, 4.69) is 60.4 Å². The van der Waals surface area contributed by atoms with Crippen molar-refractivity contribution < 1.29 is 9.53 Å². The maximum Gasteiger partial charge on any atom is 0.269 e. The largest absolute Gasteiger partial charge is 0.497 e. The number of methoxy groups -OCH3 is 1. The number of thioether (sulfide) groups is 2. The summed E-state index contributed by atoms with van der Waals surface area (Å²) in [5, 5.41) is 4.15. The van der Waals surface area contributed by atoms with Crippen LogP contribution in [0, 0.1) is 0 Å². The molecule has 2 aliphatic heterocycles. The molecule has 3 aromatic carbocycles. The molecule has 2 heterocycles. The lowest BCUT2D eigenvalue weighted by molar-refractivity contribution is -0.124. The minimum Gasteiger partial charge on any atom is -0.497 e. The Hall–Kier alpha value is -2.90. The number of amidine groups is 1. The van der Waals surface area contributed by atoms with Crippen LogP contribution in [-0.4, -0.2) is 35.7 Å². The number of carbonyl (C=O) groups excluding carboxylic acids is 1. The monoisotopic (exact) mass is 515 g/mol. The topological polar surface area (TPSA) is 45.1 Å². The van der Waals surface area contributed by atoms with Crippen LogP contribution in [0.1, 0.15) is 39.0 Å². The van der Waals surface area contributed by atoms with E-state index in [9.17, 15) is 4.79 Å². The number of benzene rings is 3. The summed E-state index contributed by atoms with van der Waals surface area (Å²) in [7, 11) is 1.69. The summed E-state index contributed by atoms with van der Waals surface area (Å²) < 4.78 is 5.47. The van der Waals surface area contributed by atoms with Crippen LogP contribution in [0.2, 0.25) is 0 Å². The summed E-state index contributed by atoms with van der Waals surface area (Å²) in [6.45, 7) is 2.91. The first-order chi connectivity index (χ1) is 17.7. The van der Waals surface area contributed by atoms with Gasteiger partial charge in [-0.05, 0) is 66.6 Å². The normalized spacial score (nSPS) is 21.6. The SMILES string of the molecule is CCN1/C(=C2/SC(=Nc3ccc4ccccc4c3)N(C3CCCCC3)C2=O)Sc2ccc(OC)cc21. The van der Waals surface area contributed by atoms with Gasteiger partial charge in [-0.3, -0.25) is 9.69 Å². The molecule has 0 unspecified atom stereocenters. The van der Waals surface area contributed by atoms with Crippen LogP contribution in [0.15, 0.2) is 80.5 Å². The standard InChI is InChI=1S/C29H29N3O2S2/c1-3-31-24-18-23(34-2)15-16-25(24)35-28(31)26-27(33)32(22-11-5-4-6-12-22)29(36-26)30-21-14-13-19-9-7-8-10-20(19)17-21/h7-10,13-18,22H,3-6,11-12H2,1-2H3/b28-26-,30-29?. The molecule has 184 valence electrons. The fraction of sp³-hybridized carbons (Fsp3) is 0.310. The van der Waals surface area contributed by atoms with Crippen molar-refractivity contribution in [1.82, 2.24) is 4.90 Å². The molecule has 0 radical (unpaired) electrons. The summed E-state index contributed by atoms with van der Waals surface area (Å²) in [5.74, 6) is 0.916. The second-order valence-electron chi connectivity index (χ2n) is 9.31. The number of hydrogen-bond acceptors (Lipinski definition) is 6. The molecule has 1 amide bonds. The average molecular weight is 516 g/mol. The van der Waals surface area contributed by atoms with Gasteiger partial charge in [-0.1, -0.05) is 61.4 Å². The number of aliphatic imine (C=N–C) groups is 1. The number of nitrogens with zero attached hydrogens (tertiary/aromatic N) is 3. The van der Waals surface area contributed by atoms with Crippen molar-refractivity contribution in [3.8, 4) is 5.75 Å². The molecule has 3 aliphatic rings. The predicted octanol–water partition coefficient (Wildman–Crippen LogP) is 7.55. The highest BCUT2D eigenvalue weighted by atomic mass is 32.2. The molecule has 0 bridgehead atoms. The van der Waals surface area contributed by atoms with Crippen LogP contribution >= 0.6 is 23.5 Å². The van der Waals surface area contributed by atoms with E-state index in [1.807, 2.05) is 17.0 Å². The molecule has 3 aromatic rings. The molecular weight excluding hydrogens is 486 g/mol. The van der Waals surface area contributed by atoms with Crippen LogP contribution in [0.5, 0.6) is 5.75 Å². The molecular formula is C29H29N3O2S2. The van der Waals surface area contributed by atoms with Crippen molar-refractivity contribution in [2.24, 2.45) is 4.99 Å². The van der Waals surface area contributed by atoms with Crippen molar-refractivity contribution in [3.05, 3.63) is 70.6 Å². The van der Waals surface area contributed by atoms with E-state index in [1.165, 1.54) is 23.6 Å². The number of fused-ring (bicyclic) bond motifs is 2. The predicted molar refractivity (Wildman–Crippen MR) is 151 cm³/mol. The quantitative estimate of drug-likeness (QED) is 0.336. The van der Waals surface area contributed by atoms with E-state index in [0.717, 1.165) is 74.7 Å². The Morgan fingerprint density at radius 3 is 2.56 bits per heavy atom. The van der Waals surface area contributed by atoms with E-state index in [0.29, 0.717) is 0 Å². The second kappa shape index (κ2) is 9.87. The summed E-state index contributed by atoms with van der Waals surface area (Å²) in [6.07, 6.45) is 5.64. The Bertz CT molecular complexity index is 1390. The first kappa shape index (κ1) is 23.5. The van der Waals surface area contributed by atoms with Gasteiger partial charge in [0.25, 0.3) is 5.91 Å². The highest BCUT2D eigenvalue weighted by molar-refractivity contribution is 8.19. The minimum absolute atomic E-state index is 0.0900. The van der Waals surface area contributed by atoms with Crippen molar-refractivity contribution in [3.63, 3.8) is 0 Å². The van der Waals surface area contributed by atoms with E-state index in [-0.39, 0.29) is 11.9 Å². The maximum atomic E-state index is 14.0. The number of carbonyl (C=O) groups is 1. The van der Waals surface area contributed by atoms with E-state index < -0.39 is 0 Å². The van der Waals surface area contributed by atoms with Crippen molar-refractivity contribution in [1.29, 1.82) is 0 Å². The van der Waals surface area contributed by atoms with Gasteiger partial charge >= 0.3 is 0 Å². The minimum atomic E-state index is 0.0900. The van der Waals surface area contributed by atoms with Gasteiger partial charge in [0.2, 0.25) is 0 Å². The number of ether oxygens (including phenoxy) is 1. The van der Waals surface area contributed by atoms with Gasteiger partial charge in [-0.2, -0.15) is 0 Å². The summed E-state index contributed by atoms with van der Waals surface area (Å²) in [4.78, 5) is 25.3. The Balaban J connectivity index is 1.42. The molecule has 36 heavy (non-hydrogen) atoms. The number of anilines is 1. The average Bonchev–Trinajstić information content (AvgIpc) is 3.45. The van der Waals surface area contributed by atoms with Crippen molar-refractivity contribution in [2.45, 2.75) is 50.0 Å². The van der Waals surface area contributed by atoms with Crippen LogP contribution in [-0.2, 0) is 4.79 Å². The zero-order valence-corrected chi connectivity index (χ0v) is 22.2. The van der Waals surface area contributed by atoms with Gasteiger partial charge in [-0.15, -0.1) is 0 Å². The molecule has 0 aromatic heterocycles. The summed E-state index contributed by atoms with van der Waals surface area (Å²) in [5.41, 5.74) is 1.98. The Morgan fingerprint density at radius 2 is 1.78 bits per heavy atom. The van der Waals surface area contributed by atoms with Gasteiger partial charge in [-0.25, -0.2) is 4.99 Å². The molecule has 1 saturated carbocycles. The van der Waals surface area contributed by atoms with E-state index >= 15 is 0 Å². The lowest BCUT2D eigenvalue weighted by atomic mass is 9.94. The fourth-order valence-corrected chi connectivity index (χ4v) is 7.72. The molecule has 6 rings (SSSR count). The van der Waals surface area contributed by atoms with E-state index in [4.69, 9.17) is 9.73 Å². The highest BCUT2D eigenvalue weighted by Gasteiger charge is 2.43. The highest BCUT2D eigenvalue weighted by Crippen LogP contribution is 2.52. The lowest BCUT2D eigenvalue weighted by Crippen LogP contribution is -2.40. The van der Waals surface area contributed by atoms with E-state index in [1.54, 1.807) is 18.9 Å². The first-order valence-corrected chi connectivity index (χ1v) is 14.3. The number of amides is 1. The Labute approximate surface area is 220 Å². The lowest BCUT2D eigenvalue weighted by Gasteiger charge is -2.30. The van der Waals surface area contributed by atoms with Crippen LogP contribution in [0.3, 0.4) is 0 Å². The first-order valence-electron chi connectivity index (χ1n) is 12.6. The molecule has 7 heteroatoms. The van der Waals surface area contributed by atoms with Gasteiger partial charge in [0.1, 0.15) is 15.7 Å². The van der Waals surface area contributed by atoms with Crippen molar-refractivity contribution in [2.75, 3.05) is 18.6 Å². The van der Waals surface area contributed by atoms with Gasteiger partial charge < -0.3 is 9.64 Å². The second-order valence-corrected chi connectivity index (χ2v) is 11.3. The molecule has 0 spiro atoms. The third kappa shape index (κ3) is 4.18. The number of rotatable bonds is 4. The Kier molecular flexibility index (Phi) is 6.44. The smallest absolute Gasteiger partial charge is 0.269 e. The Morgan fingerprint density at radius 1 is 0.972 bits per heavy atom. The van der Waals surface area contributed by atoms with Gasteiger partial charge in [0.15, 0.2) is 5.17 Å². The van der Waals surface area contributed by atoms with Crippen LogP contribution < -0.4 is 9.64 Å². The molecule has 5 nitrogen and oxygen atoms in total. The zero-order valence-electron chi connectivity index (χ0n) is 20.6. The van der Waals surface area contributed by atoms with Crippen molar-refractivity contribution >= 4 is 56.7 Å².